The SMILES string of the molecule is O=C(CC1CCCc2ccccc21)c1cc(Cl)ccc1Cl. The fourth-order valence-corrected chi connectivity index (χ4v) is 3.51. The predicted molar refractivity (Wildman–Crippen MR) is 87.5 cm³/mol. The van der Waals surface area contributed by atoms with Crippen LogP contribution in [0.2, 0.25) is 10.0 Å². The summed E-state index contributed by atoms with van der Waals surface area (Å²) >= 11 is 12.1. The molecular weight excluding hydrogens is 303 g/mol. The number of carbonyl (C=O) groups is 1. The van der Waals surface area contributed by atoms with Gasteiger partial charge in [-0.1, -0.05) is 47.5 Å². The van der Waals surface area contributed by atoms with Crippen LogP contribution in [0.1, 0.15) is 46.7 Å². The first-order valence-corrected chi connectivity index (χ1v) is 7.97. The van der Waals surface area contributed by atoms with Crippen LogP contribution in [0.5, 0.6) is 0 Å². The molecule has 2 aromatic carbocycles. The summed E-state index contributed by atoms with van der Waals surface area (Å²) < 4.78 is 0. The number of ketones is 1. The van der Waals surface area contributed by atoms with Gasteiger partial charge in [-0.05, 0) is 54.5 Å². The Morgan fingerprint density at radius 2 is 1.95 bits per heavy atom. The van der Waals surface area contributed by atoms with E-state index in [1.165, 1.54) is 11.1 Å². The van der Waals surface area contributed by atoms with Gasteiger partial charge in [0.05, 0.1) is 5.02 Å². The van der Waals surface area contributed by atoms with E-state index in [2.05, 4.69) is 18.2 Å². The average Bonchev–Trinajstić information content (AvgIpc) is 2.50. The van der Waals surface area contributed by atoms with Crippen LogP contribution >= 0.6 is 23.2 Å². The van der Waals surface area contributed by atoms with Gasteiger partial charge in [-0.3, -0.25) is 4.79 Å². The van der Waals surface area contributed by atoms with E-state index in [1.54, 1.807) is 18.2 Å². The maximum Gasteiger partial charge on any atom is 0.165 e. The Balaban J connectivity index is 1.84. The monoisotopic (exact) mass is 318 g/mol. The molecule has 0 heterocycles. The Bertz CT molecular complexity index is 679. The van der Waals surface area contributed by atoms with Crippen LogP contribution in [-0.4, -0.2) is 5.78 Å². The molecule has 3 rings (SSSR count). The molecule has 1 aliphatic rings. The van der Waals surface area contributed by atoms with E-state index >= 15 is 0 Å². The van der Waals surface area contributed by atoms with Crippen molar-refractivity contribution in [3.8, 4) is 0 Å². The second kappa shape index (κ2) is 6.21. The number of hydrogen-bond acceptors (Lipinski definition) is 1. The molecule has 0 saturated heterocycles. The molecule has 0 bridgehead atoms. The van der Waals surface area contributed by atoms with E-state index in [9.17, 15) is 4.79 Å². The molecule has 0 amide bonds. The number of Topliss-reactive ketones (excluding diaryl/α,β-unsaturated/α-hetero) is 1. The third kappa shape index (κ3) is 3.14. The number of carbonyl (C=O) groups excluding carboxylic acids is 1. The van der Waals surface area contributed by atoms with Gasteiger partial charge in [0.2, 0.25) is 0 Å². The second-order valence-corrected chi connectivity index (χ2v) is 6.38. The van der Waals surface area contributed by atoms with Crippen LogP contribution in [0.25, 0.3) is 0 Å². The summed E-state index contributed by atoms with van der Waals surface area (Å²) in [7, 11) is 0. The topological polar surface area (TPSA) is 17.1 Å². The first-order chi connectivity index (χ1) is 10.1. The van der Waals surface area contributed by atoms with Gasteiger partial charge >= 0.3 is 0 Å². The minimum absolute atomic E-state index is 0.0733. The van der Waals surface area contributed by atoms with Crippen molar-refractivity contribution in [2.75, 3.05) is 0 Å². The zero-order valence-corrected chi connectivity index (χ0v) is 13.1. The van der Waals surface area contributed by atoms with Crippen molar-refractivity contribution in [3.63, 3.8) is 0 Å². The third-order valence-corrected chi connectivity index (χ3v) is 4.72. The highest BCUT2D eigenvalue weighted by molar-refractivity contribution is 6.35. The number of fused-ring (bicyclic) bond motifs is 1. The van der Waals surface area contributed by atoms with Gasteiger partial charge in [0.25, 0.3) is 0 Å². The van der Waals surface area contributed by atoms with Gasteiger partial charge in [-0.25, -0.2) is 0 Å². The van der Waals surface area contributed by atoms with E-state index in [0.717, 1.165) is 19.3 Å². The Morgan fingerprint density at radius 3 is 2.81 bits per heavy atom. The van der Waals surface area contributed by atoms with E-state index < -0.39 is 0 Å². The van der Waals surface area contributed by atoms with Crippen LogP contribution in [0.15, 0.2) is 42.5 Å². The van der Waals surface area contributed by atoms with Gasteiger partial charge in [0, 0.05) is 17.0 Å². The molecule has 3 heteroatoms. The molecule has 0 saturated carbocycles. The highest BCUT2D eigenvalue weighted by Gasteiger charge is 2.23. The zero-order valence-electron chi connectivity index (χ0n) is 11.6. The first kappa shape index (κ1) is 14.6. The van der Waals surface area contributed by atoms with Crippen molar-refractivity contribution in [1.82, 2.24) is 0 Å². The summed E-state index contributed by atoms with van der Waals surface area (Å²) in [4.78, 5) is 12.6. The lowest BCUT2D eigenvalue weighted by Crippen LogP contribution is -2.14. The summed E-state index contributed by atoms with van der Waals surface area (Å²) in [5.74, 6) is 0.363. The molecule has 0 radical (unpaired) electrons. The molecule has 1 nitrogen and oxygen atoms in total. The molecule has 1 aliphatic carbocycles. The van der Waals surface area contributed by atoms with Crippen molar-refractivity contribution in [2.24, 2.45) is 0 Å². The van der Waals surface area contributed by atoms with E-state index in [1.807, 2.05) is 6.07 Å². The highest BCUT2D eigenvalue weighted by Crippen LogP contribution is 2.35. The lowest BCUT2D eigenvalue weighted by molar-refractivity contribution is 0.0971. The molecule has 1 unspecified atom stereocenters. The Hall–Kier alpha value is -1.31. The largest absolute Gasteiger partial charge is 0.294 e. The lowest BCUT2D eigenvalue weighted by atomic mass is 9.79. The Morgan fingerprint density at radius 1 is 1.14 bits per heavy atom. The molecule has 21 heavy (non-hydrogen) atoms. The summed E-state index contributed by atoms with van der Waals surface area (Å²) in [6.45, 7) is 0. The van der Waals surface area contributed by atoms with E-state index in [4.69, 9.17) is 23.2 Å². The van der Waals surface area contributed by atoms with Crippen LogP contribution in [0.3, 0.4) is 0 Å². The molecular formula is C18H16Cl2O. The fraction of sp³-hybridized carbons (Fsp3) is 0.278. The van der Waals surface area contributed by atoms with Gasteiger partial charge in [0.15, 0.2) is 5.78 Å². The van der Waals surface area contributed by atoms with E-state index in [-0.39, 0.29) is 11.7 Å². The number of hydrogen-bond donors (Lipinski definition) is 0. The fourth-order valence-electron chi connectivity index (χ4n) is 3.11. The number of benzene rings is 2. The average molecular weight is 319 g/mol. The Kier molecular flexibility index (Phi) is 4.32. The standard InChI is InChI=1S/C18H16Cl2O/c19-14-8-9-17(20)16(11-14)18(21)10-13-6-3-5-12-4-1-2-7-15(12)13/h1-2,4,7-9,11,13H,3,5-6,10H2. The molecule has 108 valence electrons. The predicted octanol–water partition coefficient (Wildman–Crippen LogP) is 5.69. The molecule has 0 spiro atoms. The second-order valence-electron chi connectivity index (χ2n) is 5.54. The molecule has 1 atom stereocenters. The third-order valence-electron chi connectivity index (χ3n) is 4.15. The molecule has 0 aromatic heterocycles. The van der Waals surface area contributed by atoms with Crippen molar-refractivity contribution in [1.29, 1.82) is 0 Å². The minimum Gasteiger partial charge on any atom is -0.294 e. The van der Waals surface area contributed by atoms with Gasteiger partial charge < -0.3 is 0 Å². The van der Waals surface area contributed by atoms with Gasteiger partial charge in [-0.15, -0.1) is 0 Å². The normalized spacial score (nSPS) is 17.3. The summed E-state index contributed by atoms with van der Waals surface area (Å²) in [6.07, 6.45) is 3.80. The van der Waals surface area contributed by atoms with Gasteiger partial charge in [0.1, 0.15) is 0 Å². The lowest BCUT2D eigenvalue weighted by Gasteiger charge is -2.25. The maximum atomic E-state index is 12.6. The number of aryl methyl sites for hydroxylation is 1. The smallest absolute Gasteiger partial charge is 0.165 e. The van der Waals surface area contributed by atoms with Crippen molar-refractivity contribution in [2.45, 2.75) is 31.6 Å². The number of rotatable bonds is 3. The maximum absolute atomic E-state index is 12.6. The Labute approximate surface area is 134 Å². The minimum atomic E-state index is 0.0733. The summed E-state index contributed by atoms with van der Waals surface area (Å²) in [5, 5.41) is 1.03. The molecule has 0 fully saturated rings. The molecule has 0 aliphatic heterocycles. The van der Waals surface area contributed by atoms with Crippen LogP contribution in [-0.2, 0) is 6.42 Å². The quantitative estimate of drug-likeness (QED) is 0.665. The molecule has 0 N–H and O–H groups in total. The van der Waals surface area contributed by atoms with Crippen LogP contribution in [0, 0.1) is 0 Å². The summed E-state index contributed by atoms with van der Waals surface area (Å²) in [6, 6.07) is 13.5. The van der Waals surface area contributed by atoms with Gasteiger partial charge in [-0.2, -0.15) is 0 Å². The number of halogens is 2. The van der Waals surface area contributed by atoms with Crippen molar-refractivity contribution in [3.05, 3.63) is 69.2 Å². The van der Waals surface area contributed by atoms with E-state index in [0.29, 0.717) is 22.0 Å². The van der Waals surface area contributed by atoms with Crippen molar-refractivity contribution >= 4 is 29.0 Å². The zero-order chi connectivity index (χ0) is 14.8. The first-order valence-electron chi connectivity index (χ1n) is 7.21. The van der Waals surface area contributed by atoms with Crippen molar-refractivity contribution < 1.29 is 4.79 Å². The summed E-state index contributed by atoms with van der Waals surface area (Å²) in [5.41, 5.74) is 3.22. The highest BCUT2D eigenvalue weighted by atomic mass is 35.5. The van der Waals surface area contributed by atoms with Crippen LogP contribution < -0.4 is 0 Å². The molecule has 2 aromatic rings. The van der Waals surface area contributed by atoms with Crippen LogP contribution in [0.4, 0.5) is 0 Å².